The Kier molecular flexibility index (Phi) is 11.5. The first-order chi connectivity index (χ1) is 18.0. The normalized spacial score (nSPS) is 15.7. The molecule has 0 atom stereocenters. The van der Waals surface area contributed by atoms with Crippen molar-refractivity contribution in [3.63, 3.8) is 0 Å². The number of alkyl halides is 6. The van der Waals surface area contributed by atoms with E-state index < -0.39 is 55.4 Å². The van der Waals surface area contributed by atoms with Gasteiger partial charge < -0.3 is 24.1 Å². The van der Waals surface area contributed by atoms with Crippen LogP contribution in [0.1, 0.15) is 46.0 Å². The quantitative estimate of drug-likeness (QED) is 0.240. The fourth-order valence-corrected chi connectivity index (χ4v) is 2.78. The molecule has 1 saturated heterocycles. The number of esters is 2. The van der Waals surface area contributed by atoms with E-state index in [0.717, 1.165) is 6.07 Å². The van der Waals surface area contributed by atoms with Crippen molar-refractivity contribution in [3.05, 3.63) is 53.6 Å². The predicted molar refractivity (Wildman–Crippen MR) is 129 cm³/mol. The van der Waals surface area contributed by atoms with Gasteiger partial charge in [0.25, 0.3) is 0 Å². The van der Waals surface area contributed by atoms with Crippen LogP contribution < -0.4 is 10.9 Å². The van der Waals surface area contributed by atoms with Crippen molar-refractivity contribution < 1.29 is 64.4 Å². The van der Waals surface area contributed by atoms with Crippen molar-refractivity contribution in [3.8, 4) is 0 Å². The lowest BCUT2D eigenvalue weighted by Gasteiger charge is -2.32. The molecule has 1 fully saturated rings. The fraction of sp³-hybridized carbons (Fsp3) is 0.435. The van der Waals surface area contributed by atoms with E-state index in [2.05, 4.69) is 9.72 Å². The largest absolute Gasteiger partial charge is 0.494 e. The molecule has 2 aromatic rings. The van der Waals surface area contributed by atoms with Crippen LogP contribution in [0.3, 0.4) is 0 Å². The maximum absolute atomic E-state index is 12.8. The highest BCUT2D eigenvalue weighted by molar-refractivity contribution is 6.62. The highest BCUT2D eigenvalue weighted by Gasteiger charge is 2.52. The highest BCUT2D eigenvalue weighted by Crippen LogP contribution is 2.37. The Morgan fingerprint density at radius 3 is 1.77 bits per heavy atom. The smallest absolute Gasteiger partial charge is 0.423 e. The number of aromatic nitrogens is 1. The predicted octanol–water partition coefficient (Wildman–Crippen LogP) is 2.85. The van der Waals surface area contributed by atoms with Gasteiger partial charge in [0.15, 0.2) is 0 Å². The van der Waals surface area contributed by atoms with Crippen molar-refractivity contribution in [1.29, 1.82) is 0 Å². The number of rotatable bonds is 2. The van der Waals surface area contributed by atoms with Crippen LogP contribution in [0, 0.1) is 12.7 Å². The number of hydrogen-bond donors (Lipinski definition) is 2. The number of hydrogen-bond acceptors (Lipinski definition) is 8. The van der Waals surface area contributed by atoms with Gasteiger partial charge in [-0.2, -0.15) is 26.3 Å². The molecule has 0 amide bonds. The van der Waals surface area contributed by atoms with Gasteiger partial charge in [-0.1, -0.05) is 12.1 Å². The number of pyridine rings is 1. The van der Waals surface area contributed by atoms with Crippen LogP contribution in [0.15, 0.2) is 36.4 Å². The SMILES string of the molecule is CC(=O)OC(=O)C(F)(F)F.Cc1cc(B2OC(C)(C)C(C)(C)O2)cc(C(F)(F)F)n1.OB(O)c1ccc(F)cc1. The van der Waals surface area contributed by atoms with Crippen LogP contribution in [0.25, 0.3) is 0 Å². The van der Waals surface area contributed by atoms with Crippen molar-refractivity contribution in [2.75, 3.05) is 0 Å². The number of nitrogens with zero attached hydrogens (tertiary/aromatic N) is 1. The zero-order chi connectivity index (χ0) is 31.3. The Bertz CT molecular complexity index is 1160. The Morgan fingerprint density at radius 1 is 0.950 bits per heavy atom. The summed E-state index contributed by atoms with van der Waals surface area (Å²) in [5, 5.41) is 17.1. The summed E-state index contributed by atoms with van der Waals surface area (Å²) in [5.74, 6) is -4.15. The van der Waals surface area contributed by atoms with Gasteiger partial charge >= 0.3 is 38.5 Å². The second kappa shape index (κ2) is 13.1. The maximum Gasteiger partial charge on any atom is 0.494 e. The van der Waals surface area contributed by atoms with Crippen LogP contribution in [-0.4, -0.2) is 58.6 Å². The summed E-state index contributed by atoms with van der Waals surface area (Å²) in [6, 6.07) is 7.52. The lowest BCUT2D eigenvalue weighted by molar-refractivity contribution is -0.201. The molecule has 0 spiro atoms. The van der Waals surface area contributed by atoms with Crippen molar-refractivity contribution in [2.24, 2.45) is 0 Å². The lowest BCUT2D eigenvalue weighted by atomic mass is 9.79. The number of carbonyl (C=O) groups is 2. The summed E-state index contributed by atoms with van der Waals surface area (Å²) >= 11 is 0. The number of carbonyl (C=O) groups excluding carboxylic acids is 2. The van der Waals surface area contributed by atoms with E-state index >= 15 is 0 Å². The summed E-state index contributed by atoms with van der Waals surface area (Å²) in [6.45, 7) is 9.64. The molecule has 1 aromatic heterocycles. The summed E-state index contributed by atoms with van der Waals surface area (Å²) < 4.78 is 98.8. The van der Waals surface area contributed by atoms with Crippen LogP contribution in [0.2, 0.25) is 0 Å². The third kappa shape index (κ3) is 10.5. The van der Waals surface area contributed by atoms with Gasteiger partial charge in [0.05, 0.1) is 11.2 Å². The minimum absolute atomic E-state index is 0.282. The Balaban J connectivity index is 0.000000337. The van der Waals surface area contributed by atoms with Gasteiger partial charge in [-0.3, -0.25) is 4.79 Å². The van der Waals surface area contributed by atoms with E-state index in [1.165, 1.54) is 31.2 Å². The number of halogens is 7. The first kappa shape index (κ1) is 35.0. The monoisotopic (exact) mass is 583 g/mol. The summed E-state index contributed by atoms with van der Waals surface area (Å²) in [6.07, 6.45) is -9.57. The first-order valence-electron chi connectivity index (χ1n) is 11.3. The van der Waals surface area contributed by atoms with Crippen molar-refractivity contribution in [2.45, 2.75) is 65.1 Å². The van der Waals surface area contributed by atoms with Gasteiger partial charge in [-0.05, 0) is 69.8 Å². The molecule has 1 aromatic carbocycles. The maximum atomic E-state index is 12.8. The summed E-state index contributed by atoms with van der Waals surface area (Å²) in [4.78, 5) is 23.0. The Hall–Kier alpha value is -3.01. The molecule has 2 N–H and O–H groups in total. The van der Waals surface area contributed by atoms with E-state index in [9.17, 15) is 40.3 Å². The molecule has 0 bridgehead atoms. The minimum atomic E-state index is -5.09. The van der Waals surface area contributed by atoms with Gasteiger partial charge in [-0.25, -0.2) is 14.2 Å². The molecule has 17 heteroatoms. The zero-order valence-corrected chi connectivity index (χ0v) is 22.1. The van der Waals surface area contributed by atoms with E-state index in [-0.39, 0.29) is 11.5 Å². The van der Waals surface area contributed by atoms with E-state index in [0.29, 0.717) is 17.8 Å². The molecule has 0 saturated carbocycles. The molecular weight excluding hydrogens is 557 g/mol. The summed E-state index contributed by atoms with van der Waals surface area (Å²) in [7, 11) is -2.33. The van der Waals surface area contributed by atoms with E-state index in [4.69, 9.17) is 19.4 Å². The van der Waals surface area contributed by atoms with Crippen LogP contribution >= 0.6 is 0 Å². The Labute approximate surface area is 225 Å². The minimum Gasteiger partial charge on any atom is -0.423 e. The molecular formula is C23H26B2F7NO7. The van der Waals surface area contributed by atoms with Crippen LogP contribution in [-0.2, 0) is 29.8 Å². The number of ether oxygens (including phenoxy) is 1. The number of aryl methyl sites for hydroxylation is 1. The van der Waals surface area contributed by atoms with Gasteiger partial charge in [0.1, 0.15) is 11.5 Å². The topological polar surface area (TPSA) is 115 Å². The second-order valence-electron chi connectivity index (χ2n) is 9.32. The van der Waals surface area contributed by atoms with Crippen molar-refractivity contribution >= 4 is 37.1 Å². The summed E-state index contributed by atoms with van der Waals surface area (Å²) in [5.41, 5.74) is -1.20. The molecule has 220 valence electrons. The van der Waals surface area contributed by atoms with Gasteiger partial charge in [0, 0.05) is 12.6 Å². The average Bonchev–Trinajstić information content (AvgIpc) is 3.00. The molecule has 3 rings (SSSR count). The zero-order valence-electron chi connectivity index (χ0n) is 22.1. The van der Waals surface area contributed by atoms with E-state index in [1.807, 2.05) is 27.7 Å². The third-order valence-electron chi connectivity index (χ3n) is 5.43. The molecule has 40 heavy (non-hydrogen) atoms. The lowest BCUT2D eigenvalue weighted by Crippen LogP contribution is -2.41. The standard InChI is InChI=1S/C13H17BF3NO2.C6H6BFO2.C4H3F3O3/c1-8-6-9(7-10(18-8)13(15,16)17)14-19-11(2,3)12(4,5)20-14;8-6-3-1-5(2-4-6)7(9)10;1-2(8)10-3(9)4(5,6)7/h6-7H,1-5H3;1-4,9-10H;1H3. The van der Waals surface area contributed by atoms with Crippen molar-refractivity contribution in [1.82, 2.24) is 4.98 Å². The molecule has 1 aliphatic heterocycles. The van der Waals surface area contributed by atoms with Gasteiger partial charge in [0.2, 0.25) is 0 Å². The molecule has 8 nitrogen and oxygen atoms in total. The molecule has 1 aliphatic rings. The average molecular weight is 583 g/mol. The van der Waals surface area contributed by atoms with Gasteiger partial charge in [-0.15, -0.1) is 0 Å². The van der Waals surface area contributed by atoms with E-state index in [1.54, 1.807) is 6.07 Å². The fourth-order valence-electron chi connectivity index (χ4n) is 2.78. The second-order valence-corrected chi connectivity index (χ2v) is 9.32. The third-order valence-corrected chi connectivity index (χ3v) is 5.43. The number of benzene rings is 1. The molecule has 2 heterocycles. The van der Waals surface area contributed by atoms with Crippen LogP contribution in [0.4, 0.5) is 30.7 Å². The highest BCUT2D eigenvalue weighted by atomic mass is 19.4. The molecule has 0 aliphatic carbocycles. The van der Waals surface area contributed by atoms with Crippen LogP contribution in [0.5, 0.6) is 0 Å². The Morgan fingerprint density at radius 2 is 1.43 bits per heavy atom. The molecule has 0 radical (unpaired) electrons. The first-order valence-corrected chi connectivity index (χ1v) is 11.3. The molecule has 0 unspecified atom stereocenters.